The predicted octanol–water partition coefficient (Wildman–Crippen LogP) is 2.25. The molecule has 0 spiro atoms. The van der Waals surface area contributed by atoms with Gasteiger partial charge in [0.05, 0.1) is 7.11 Å². The van der Waals surface area contributed by atoms with E-state index in [1.54, 1.807) is 13.0 Å². The molecule has 0 unspecified atom stereocenters. The summed E-state index contributed by atoms with van der Waals surface area (Å²) in [5.74, 6) is 0.441. The average Bonchev–Trinajstić information content (AvgIpc) is 2.38. The first-order valence-electron chi connectivity index (χ1n) is 5.70. The Labute approximate surface area is 108 Å². The standard InChI is InChI=1S/C14H19NO3/c1-11(14(16)17-4)8-9-18-13-7-5-6-12(10-13)15(2)3/h5-8,10H,9H2,1-4H3. The van der Waals surface area contributed by atoms with E-state index < -0.39 is 0 Å². The van der Waals surface area contributed by atoms with Crippen molar-refractivity contribution in [3.8, 4) is 5.75 Å². The lowest BCUT2D eigenvalue weighted by Crippen LogP contribution is -2.08. The second-order valence-electron chi connectivity index (χ2n) is 4.08. The summed E-state index contributed by atoms with van der Waals surface area (Å²) in [6.45, 7) is 2.04. The number of methoxy groups -OCH3 is 1. The van der Waals surface area contributed by atoms with Crippen LogP contribution in [-0.4, -0.2) is 33.8 Å². The van der Waals surface area contributed by atoms with Gasteiger partial charge >= 0.3 is 5.97 Å². The first-order valence-corrected chi connectivity index (χ1v) is 5.70. The Kier molecular flexibility index (Phi) is 5.24. The number of benzene rings is 1. The van der Waals surface area contributed by atoms with Crippen molar-refractivity contribution in [1.29, 1.82) is 0 Å². The molecule has 0 atom stereocenters. The average molecular weight is 249 g/mol. The van der Waals surface area contributed by atoms with E-state index in [4.69, 9.17) is 4.74 Å². The molecule has 0 bridgehead atoms. The highest BCUT2D eigenvalue weighted by atomic mass is 16.5. The van der Waals surface area contributed by atoms with Gasteiger partial charge < -0.3 is 14.4 Å². The van der Waals surface area contributed by atoms with E-state index in [1.807, 2.05) is 43.3 Å². The van der Waals surface area contributed by atoms with Crippen molar-refractivity contribution in [1.82, 2.24) is 0 Å². The molecule has 0 heterocycles. The summed E-state index contributed by atoms with van der Waals surface area (Å²) in [5, 5.41) is 0. The zero-order valence-electron chi connectivity index (χ0n) is 11.3. The fraction of sp³-hybridized carbons (Fsp3) is 0.357. The maximum atomic E-state index is 11.1. The van der Waals surface area contributed by atoms with Crippen molar-refractivity contribution in [2.45, 2.75) is 6.92 Å². The zero-order valence-corrected chi connectivity index (χ0v) is 11.3. The van der Waals surface area contributed by atoms with Gasteiger partial charge in [-0.15, -0.1) is 0 Å². The van der Waals surface area contributed by atoms with Crippen LogP contribution in [0.3, 0.4) is 0 Å². The summed E-state index contributed by atoms with van der Waals surface area (Å²) < 4.78 is 10.1. The van der Waals surface area contributed by atoms with E-state index in [9.17, 15) is 4.79 Å². The van der Waals surface area contributed by atoms with E-state index in [1.165, 1.54) is 7.11 Å². The molecule has 1 aromatic carbocycles. The molecule has 98 valence electrons. The van der Waals surface area contributed by atoms with Crippen molar-refractivity contribution in [2.75, 3.05) is 32.7 Å². The summed E-state index contributed by atoms with van der Waals surface area (Å²) in [6.07, 6.45) is 1.70. The lowest BCUT2D eigenvalue weighted by atomic mass is 10.3. The molecule has 0 N–H and O–H groups in total. The van der Waals surface area contributed by atoms with E-state index in [0.29, 0.717) is 12.2 Å². The van der Waals surface area contributed by atoms with E-state index in [0.717, 1.165) is 11.4 Å². The molecule has 0 aliphatic heterocycles. The Morgan fingerprint density at radius 2 is 2.11 bits per heavy atom. The van der Waals surface area contributed by atoms with Gasteiger partial charge in [0.15, 0.2) is 0 Å². The molecular weight excluding hydrogens is 230 g/mol. The van der Waals surface area contributed by atoms with Gasteiger partial charge in [-0.05, 0) is 25.1 Å². The highest BCUT2D eigenvalue weighted by molar-refractivity contribution is 5.87. The minimum atomic E-state index is -0.333. The van der Waals surface area contributed by atoms with Gasteiger partial charge in [-0.25, -0.2) is 4.79 Å². The van der Waals surface area contributed by atoms with Crippen LogP contribution in [0.25, 0.3) is 0 Å². The van der Waals surface area contributed by atoms with Gasteiger partial charge in [0.1, 0.15) is 12.4 Å². The Balaban J connectivity index is 2.59. The summed E-state index contributed by atoms with van der Waals surface area (Å²) in [6, 6.07) is 7.76. The molecule has 0 aliphatic rings. The number of hydrogen-bond donors (Lipinski definition) is 0. The third kappa shape index (κ3) is 4.13. The van der Waals surface area contributed by atoms with Crippen molar-refractivity contribution in [3.63, 3.8) is 0 Å². The molecule has 0 amide bonds. The van der Waals surface area contributed by atoms with Crippen LogP contribution >= 0.6 is 0 Å². The lowest BCUT2D eigenvalue weighted by molar-refractivity contribution is -0.136. The Hall–Kier alpha value is -1.97. The number of carbonyl (C=O) groups excluding carboxylic acids is 1. The normalized spacial score (nSPS) is 11.0. The lowest BCUT2D eigenvalue weighted by Gasteiger charge is -2.13. The van der Waals surface area contributed by atoms with E-state index >= 15 is 0 Å². The molecule has 18 heavy (non-hydrogen) atoms. The van der Waals surface area contributed by atoms with Crippen LogP contribution in [0.5, 0.6) is 5.75 Å². The van der Waals surface area contributed by atoms with Gasteiger partial charge in [0.25, 0.3) is 0 Å². The molecule has 0 radical (unpaired) electrons. The highest BCUT2D eigenvalue weighted by Gasteiger charge is 2.02. The monoisotopic (exact) mass is 249 g/mol. The molecule has 0 aliphatic carbocycles. The van der Waals surface area contributed by atoms with E-state index in [-0.39, 0.29) is 5.97 Å². The molecule has 0 saturated carbocycles. The maximum Gasteiger partial charge on any atom is 0.333 e. The van der Waals surface area contributed by atoms with Gasteiger partial charge in [-0.3, -0.25) is 0 Å². The number of rotatable bonds is 5. The van der Waals surface area contributed by atoms with Crippen LogP contribution < -0.4 is 9.64 Å². The smallest absolute Gasteiger partial charge is 0.333 e. The molecule has 0 saturated heterocycles. The van der Waals surface area contributed by atoms with Crippen LogP contribution in [0.2, 0.25) is 0 Å². The number of ether oxygens (including phenoxy) is 2. The maximum absolute atomic E-state index is 11.1. The first kappa shape index (κ1) is 14.1. The summed E-state index contributed by atoms with van der Waals surface area (Å²) in [4.78, 5) is 13.1. The van der Waals surface area contributed by atoms with Crippen LogP contribution in [0, 0.1) is 0 Å². The van der Waals surface area contributed by atoms with Crippen LogP contribution in [-0.2, 0) is 9.53 Å². The number of hydrogen-bond acceptors (Lipinski definition) is 4. The fourth-order valence-corrected chi connectivity index (χ4v) is 1.36. The molecule has 0 aromatic heterocycles. The summed E-state index contributed by atoms with van der Waals surface area (Å²) in [7, 11) is 5.31. The van der Waals surface area contributed by atoms with Crippen molar-refractivity contribution in [2.24, 2.45) is 0 Å². The SMILES string of the molecule is COC(=O)C(C)=CCOc1cccc(N(C)C)c1. The second-order valence-corrected chi connectivity index (χ2v) is 4.08. The molecule has 1 rings (SSSR count). The van der Waals surface area contributed by atoms with Crippen LogP contribution in [0.1, 0.15) is 6.92 Å². The zero-order chi connectivity index (χ0) is 13.5. The number of carbonyl (C=O) groups is 1. The van der Waals surface area contributed by atoms with Crippen LogP contribution in [0.15, 0.2) is 35.9 Å². The molecular formula is C14H19NO3. The third-order valence-electron chi connectivity index (χ3n) is 2.48. The van der Waals surface area contributed by atoms with Gasteiger partial charge in [0.2, 0.25) is 0 Å². The van der Waals surface area contributed by atoms with Gasteiger partial charge in [-0.2, -0.15) is 0 Å². The number of esters is 1. The summed E-state index contributed by atoms with van der Waals surface area (Å²) >= 11 is 0. The Morgan fingerprint density at radius 1 is 1.39 bits per heavy atom. The molecule has 0 fully saturated rings. The number of nitrogens with zero attached hydrogens (tertiary/aromatic N) is 1. The van der Waals surface area contributed by atoms with Crippen LogP contribution in [0.4, 0.5) is 5.69 Å². The van der Waals surface area contributed by atoms with Crippen molar-refractivity contribution < 1.29 is 14.3 Å². The highest BCUT2D eigenvalue weighted by Crippen LogP contribution is 2.19. The first-order chi connectivity index (χ1) is 8.54. The third-order valence-corrected chi connectivity index (χ3v) is 2.48. The number of anilines is 1. The molecule has 4 nitrogen and oxygen atoms in total. The van der Waals surface area contributed by atoms with Gasteiger partial charge in [-0.1, -0.05) is 6.07 Å². The minimum Gasteiger partial charge on any atom is -0.489 e. The largest absolute Gasteiger partial charge is 0.489 e. The Morgan fingerprint density at radius 3 is 2.72 bits per heavy atom. The minimum absolute atomic E-state index is 0.333. The fourth-order valence-electron chi connectivity index (χ4n) is 1.36. The predicted molar refractivity (Wildman–Crippen MR) is 72.0 cm³/mol. The molecule has 4 heteroatoms. The van der Waals surface area contributed by atoms with Crippen molar-refractivity contribution in [3.05, 3.63) is 35.9 Å². The van der Waals surface area contributed by atoms with Crippen molar-refractivity contribution >= 4 is 11.7 Å². The topological polar surface area (TPSA) is 38.8 Å². The Bertz CT molecular complexity index is 438. The summed E-state index contributed by atoms with van der Waals surface area (Å²) in [5.41, 5.74) is 1.61. The van der Waals surface area contributed by atoms with Gasteiger partial charge in [0, 0.05) is 31.4 Å². The quantitative estimate of drug-likeness (QED) is 0.592. The van der Waals surface area contributed by atoms with E-state index in [2.05, 4.69) is 4.74 Å². The second kappa shape index (κ2) is 6.69. The molecule has 1 aromatic rings.